The zero-order valence-electron chi connectivity index (χ0n) is 13.4. The lowest BCUT2D eigenvalue weighted by molar-refractivity contribution is -0.0100. The lowest BCUT2D eigenvalue weighted by Crippen LogP contribution is -2.42. The molecule has 4 nitrogen and oxygen atoms in total. The molecule has 1 aromatic rings. The van der Waals surface area contributed by atoms with Crippen molar-refractivity contribution in [2.45, 2.75) is 44.4 Å². The van der Waals surface area contributed by atoms with Gasteiger partial charge in [0.25, 0.3) is 0 Å². The second-order valence-corrected chi connectivity index (χ2v) is 5.97. The Kier molecular flexibility index (Phi) is 6.03. The summed E-state index contributed by atoms with van der Waals surface area (Å²) in [5.41, 5.74) is 7.41. The second-order valence-electron chi connectivity index (χ2n) is 5.97. The molecule has 1 heterocycles. The van der Waals surface area contributed by atoms with Crippen LogP contribution < -0.4 is 10.5 Å². The van der Waals surface area contributed by atoms with Gasteiger partial charge < -0.3 is 15.2 Å². The van der Waals surface area contributed by atoms with Gasteiger partial charge in [0.2, 0.25) is 0 Å². The predicted octanol–water partition coefficient (Wildman–Crippen LogP) is 2.58. The van der Waals surface area contributed by atoms with E-state index in [0.29, 0.717) is 6.10 Å². The molecule has 1 fully saturated rings. The minimum absolute atomic E-state index is 0.0230. The van der Waals surface area contributed by atoms with E-state index in [1.807, 2.05) is 18.2 Å². The van der Waals surface area contributed by atoms with E-state index in [9.17, 15) is 0 Å². The van der Waals surface area contributed by atoms with Gasteiger partial charge >= 0.3 is 0 Å². The Morgan fingerprint density at radius 2 is 2.14 bits per heavy atom. The van der Waals surface area contributed by atoms with Crippen LogP contribution in [-0.4, -0.2) is 44.4 Å². The first-order chi connectivity index (χ1) is 10.1. The smallest absolute Gasteiger partial charge is 0.123 e. The molecule has 1 saturated heterocycles. The maximum absolute atomic E-state index is 6.26. The van der Waals surface area contributed by atoms with Crippen LogP contribution in [0.2, 0.25) is 0 Å². The van der Waals surface area contributed by atoms with Gasteiger partial charge in [0.1, 0.15) is 5.75 Å². The first-order valence-corrected chi connectivity index (χ1v) is 7.83. The van der Waals surface area contributed by atoms with Crippen LogP contribution in [0, 0.1) is 0 Å². The number of nitrogens with two attached hydrogens (primary N) is 1. The molecule has 0 aromatic heterocycles. The van der Waals surface area contributed by atoms with E-state index in [1.54, 1.807) is 7.11 Å². The molecule has 4 heteroatoms. The predicted molar refractivity (Wildman–Crippen MR) is 85.6 cm³/mol. The summed E-state index contributed by atoms with van der Waals surface area (Å²) in [7, 11) is 3.83. The molecule has 3 unspecified atom stereocenters. The Morgan fingerprint density at radius 3 is 2.76 bits per heavy atom. The molecule has 2 N–H and O–H groups in total. The van der Waals surface area contributed by atoms with E-state index in [4.69, 9.17) is 15.2 Å². The average Bonchev–Trinajstić information content (AvgIpc) is 2.48. The SMILES string of the molecule is COc1ccccc1C(C(C)N)N(C)CC1CCCCO1. The highest BCUT2D eigenvalue weighted by Crippen LogP contribution is 2.31. The maximum atomic E-state index is 6.26. The molecule has 0 spiro atoms. The summed E-state index contributed by atoms with van der Waals surface area (Å²) in [4.78, 5) is 2.30. The van der Waals surface area contributed by atoms with Gasteiger partial charge in [-0.3, -0.25) is 4.90 Å². The van der Waals surface area contributed by atoms with Crippen LogP contribution in [0.1, 0.15) is 37.8 Å². The first-order valence-electron chi connectivity index (χ1n) is 7.83. The van der Waals surface area contributed by atoms with Crippen molar-refractivity contribution in [3.63, 3.8) is 0 Å². The van der Waals surface area contributed by atoms with Crippen molar-refractivity contribution < 1.29 is 9.47 Å². The number of rotatable bonds is 6. The van der Waals surface area contributed by atoms with Crippen molar-refractivity contribution in [1.29, 1.82) is 0 Å². The van der Waals surface area contributed by atoms with Gasteiger partial charge in [-0.05, 0) is 39.3 Å². The molecule has 1 aromatic carbocycles. The van der Waals surface area contributed by atoms with E-state index in [2.05, 4.69) is 24.9 Å². The van der Waals surface area contributed by atoms with Crippen LogP contribution in [0.4, 0.5) is 0 Å². The third kappa shape index (κ3) is 4.19. The second kappa shape index (κ2) is 7.78. The van der Waals surface area contributed by atoms with Crippen LogP contribution in [0.5, 0.6) is 5.75 Å². The molecular formula is C17H28N2O2. The number of methoxy groups -OCH3 is 1. The van der Waals surface area contributed by atoms with Crippen LogP contribution in [0.3, 0.4) is 0 Å². The van der Waals surface area contributed by atoms with Crippen molar-refractivity contribution >= 4 is 0 Å². The molecule has 2 rings (SSSR count). The van der Waals surface area contributed by atoms with Crippen molar-refractivity contribution in [2.75, 3.05) is 27.3 Å². The summed E-state index contributed by atoms with van der Waals surface area (Å²) < 4.78 is 11.4. The van der Waals surface area contributed by atoms with Gasteiger partial charge in [-0.25, -0.2) is 0 Å². The van der Waals surface area contributed by atoms with E-state index >= 15 is 0 Å². The fourth-order valence-electron chi connectivity index (χ4n) is 3.22. The van der Waals surface area contributed by atoms with E-state index < -0.39 is 0 Å². The third-order valence-electron chi connectivity index (χ3n) is 4.20. The molecule has 3 atom stereocenters. The summed E-state index contributed by atoms with van der Waals surface area (Å²) in [5.74, 6) is 0.899. The minimum Gasteiger partial charge on any atom is -0.496 e. The quantitative estimate of drug-likeness (QED) is 0.875. The Morgan fingerprint density at radius 1 is 1.38 bits per heavy atom. The summed E-state index contributed by atoms with van der Waals surface area (Å²) >= 11 is 0. The molecule has 0 amide bonds. The third-order valence-corrected chi connectivity index (χ3v) is 4.20. The fourth-order valence-corrected chi connectivity index (χ4v) is 3.22. The normalized spacial score (nSPS) is 22.0. The molecule has 0 aliphatic carbocycles. The molecule has 118 valence electrons. The number of likely N-dealkylation sites (N-methyl/N-ethyl adjacent to an activating group) is 1. The monoisotopic (exact) mass is 292 g/mol. The van der Waals surface area contributed by atoms with Gasteiger partial charge in [0, 0.05) is 24.8 Å². The highest BCUT2D eigenvalue weighted by molar-refractivity contribution is 5.36. The Balaban J connectivity index is 2.13. The molecular weight excluding hydrogens is 264 g/mol. The Labute approximate surface area is 128 Å². The van der Waals surface area contributed by atoms with Crippen molar-refractivity contribution in [2.24, 2.45) is 5.73 Å². The van der Waals surface area contributed by atoms with Gasteiger partial charge in [0.15, 0.2) is 0 Å². The largest absolute Gasteiger partial charge is 0.496 e. The minimum atomic E-state index is 0.0230. The highest BCUT2D eigenvalue weighted by Gasteiger charge is 2.27. The number of hydrogen-bond donors (Lipinski definition) is 1. The maximum Gasteiger partial charge on any atom is 0.123 e. The first kappa shape index (κ1) is 16.3. The number of benzene rings is 1. The Bertz CT molecular complexity index is 431. The van der Waals surface area contributed by atoms with Gasteiger partial charge in [-0.15, -0.1) is 0 Å². The molecule has 1 aliphatic heterocycles. The van der Waals surface area contributed by atoms with Crippen LogP contribution in [0.15, 0.2) is 24.3 Å². The number of ether oxygens (including phenoxy) is 2. The van der Waals surface area contributed by atoms with Crippen molar-refractivity contribution in [1.82, 2.24) is 4.90 Å². The van der Waals surface area contributed by atoms with Crippen molar-refractivity contribution in [3.8, 4) is 5.75 Å². The average molecular weight is 292 g/mol. The van der Waals surface area contributed by atoms with Crippen LogP contribution >= 0.6 is 0 Å². The summed E-state index contributed by atoms with van der Waals surface area (Å²) in [5, 5.41) is 0. The molecule has 1 aliphatic rings. The van der Waals surface area contributed by atoms with Crippen LogP contribution in [0.25, 0.3) is 0 Å². The summed E-state index contributed by atoms with van der Waals surface area (Å²) in [6, 6.07) is 8.28. The van der Waals surface area contributed by atoms with E-state index in [-0.39, 0.29) is 12.1 Å². The summed E-state index contributed by atoms with van der Waals surface area (Å²) in [6.45, 7) is 3.84. The van der Waals surface area contributed by atoms with Gasteiger partial charge in [-0.1, -0.05) is 18.2 Å². The lowest BCUT2D eigenvalue weighted by atomic mass is 9.97. The standard InChI is InChI=1S/C17H28N2O2/c1-13(18)17(15-9-4-5-10-16(15)20-3)19(2)12-14-8-6-7-11-21-14/h4-5,9-10,13-14,17H,6-8,11-12,18H2,1-3H3. The van der Waals surface area contributed by atoms with Crippen LogP contribution in [-0.2, 0) is 4.74 Å². The zero-order chi connectivity index (χ0) is 15.2. The van der Waals surface area contributed by atoms with E-state index in [1.165, 1.54) is 12.8 Å². The highest BCUT2D eigenvalue weighted by atomic mass is 16.5. The number of para-hydroxylation sites is 1. The number of nitrogens with zero attached hydrogens (tertiary/aromatic N) is 1. The topological polar surface area (TPSA) is 47.7 Å². The van der Waals surface area contributed by atoms with Gasteiger partial charge in [0.05, 0.1) is 19.3 Å². The summed E-state index contributed by atoms with van der Waals surface area (Å²) in [6.07, 6.45) is 3.90. The fraction of sp³-hybridized carbons (Fsp3) is 0.647. The van der Waals surface area contributed by atoms with Crippen molar-refractivity contribution in [3.05, 3.63) is 29.8 Å². The molecule has 0 bridgehead atoms. The Hall–Kier alpha value is -1.10. The molecule has 0 radical (unpaired) electrons. The molecule has 21 heavy (non-hydrogen) atoms. The zero-order valence-corrected chi connectivity index (χ0v) is 13.4. The van der Waals surface area contributed by atoms with E-state index in [0.717, 1.165) is 30.9 Å². The number of hydrogen-bond acceptors (Lipinski definition) is 4. The lowest BCUT2D eigenvalue weighted by Gasteiger charge is -2.35. The van der Waals surface area contributed by atoms with Gasteiger partial charge in [-0.2, -0.15) is 0 Å². The molecule has 0 saturated carbocycles.